The molecule has 3 rings (SSSR count). The van der Waals surface area contributed by atoms with Crippen molar-refractivity contribution >= 4 is 36.3 Å². The van der Waals surface area contributed by atoms with Crippen LogP contribution in [0.2, 0.25) is 0 Å². The van der Waals surface area contributed by atoms with Crippen LogP contribution in [0.4, 0.5) is 10.5 Å². The molecule has 11 nitrogen and oxygen atoms in total. The van der Waals surface area contributed by atoms with Crippen molar-refractivity contribution in [2.45, 2.75) is 38.1 Å². The quantitative estimate of drug-likeness (QED) is 0.145. The van der Waals surface area contributed by atoms with Crippen molar-refractivity contribution in [2.75, 3.05) is 11.9 Å². The van der Waals surface area contributed by atoms with Gasteiger partial charge in [0.1, 0.15) is 12.2 Å². The van der Waals surface area contributed by atoms with Gasteiger partial charge in [-0.3, -0.25) is 9.36 Å². The van der Waals surface area contributed by atoms with E-state index in [1.54, 1.807) is 0 Å². The molecule has 0 aliphatic carbocycles. The first kappa shape index (κ1) is 27.1. The van der Waals surface area contributed by atoms with Gasteiger partial charge < -0.3 is 35.3 Å². The standard InChI is InChI=1S/C24H28N3O8P/c25-20(8-4-5-11-26-24(30)34-14-16-6-2-1-3-7-16)23(29)27-18-9-10-19-17(15-36(31,32)33)12-22(28)35-21(19)13-18/h1-3,6-7,9-10,12-13,20H,4-5,8,11,14-15,25H2,(H,26,30)(H,27,29)(H2,31,32,33)/t20-/m0/s1. The van der Waals surface area contributed by atoms with Crippen LogP contribution in [0.15, 0.2) is 63.8 Å². The van der Waals surface area contributed by atoms with Crippen LogP contribution in [-0.4, -0.2) is 34.4 Å². The Morgan fingerprint density at radius 3 is 2.56 bits per heavy atom. The van der Waals surface area contributed by atoms with Crippen LogP contribution in [0.5, 0.6) is 0 Å². The van der Waals surface area contributed by atoms with Gasteiger partial charge in [-0.25, -0.2) is 9.59 Å². The van der Waals surface area contributed by atoms with Gasteiger partial charge >= 0.3 is 19.3 Å². The molecular formula is C24H28N3O8P. The Kier molecular flexibility index (Phi) is 9.38. The number of hydrogen-bond donors (Lipinski definition) is 5. The lowest BCUT2D eigenvalue weighted by Crippen LogP contribution is -2.35. The first-order valence-corrected chi connectivity index (χ1v) is 13.0. The van der Waals surface area contributed by atoms with E-state index in [4.69, 9.17) is 14.9 Å². The van der Waals surface area contributed by atoms with E-state index in [9.17, 15) is 28.7 Å². The van der Waals surface area contributed by atoms with Crippen LogP contribution in [0.3, 0.4) is 0 Å². The minimum Gasteiger partial charge on any atom is -0.445 e. The lowest BCUT2D eigenvalue weighted by molar-refractivity contribution is -0.117. The molecule has 1 atom stereocenters. The number of unbranched alkanes of at least 4 members (excludes halogenated alkanes) is 1. The van der Waals surface area contributed by atoms with E-state index in [0.717, 1.165) is 11.6 Å². The second kappa shape index (κ2) is 12.5. The minimum atomic E-state index is -4.39. The van der Waals surface area contributed by atoms with Gasteiger partial charge in [-0.05, 0) is 42.5 Å². The fourth-order valence-corrected chi connectivity index (χ4v) is 4.19. The number of nitrogens with one attached hydrogen (secondary N) is 2. The minimum absolute atomic E-state index is 0.0857. The summed E-state index contributed by atoms with van der Waals surface area (Å²) < 4.78 is 21.6. The summed E-state index contributed by atoms with van der Waals surface area (Å²) in [6.07, 6.45) is 0.441. The highest BCUT2D eigenvalue weighted by atomic mass is 31.2. The molecule has 1 aromatic heterocycles. The molecule has 12 heteroatoms. The predicted molar refractivity (Wildman–Crippen MR) is 133 cm³/mol. The third-order valence-corrected chi connectivity index (χ3v) is 5.99. The highest BCUT2D eigenvalue weighted by Gasteiger charge is 2.19. The number of alkyl carbamates (subject to hydrolysis) is 1. The van der Waals surface area contributed by atoms with E-state index in [2.05, 4.69) is 10.6 Å². The molecule has 3 aromatic rings. The number of carbonyl (C=O) groups excluding carboxylic acids is 2. The van der Waals surface area contributed by atoms with Crippen molar-refractivity contribution in [3.8, 4) is 0 Å². The van der Waals surface area contributed by atoms with E-state index in [-0.39, 0.29) is 17.8 Å². The molecule has 192 valence electrons. The number of amides is 2. The third-order valence-electron chi connectivity index (χ3n) is 5.23. The van der Waals surface area contributed by atoms with Crippen molar-refractivity contribution in [3.63, 3.8) is 0 Å². The molecule has 0 aliphatic heterocycles. The monoisotopic (exact) mass is 517 g/mol. The second-order valence-electron chi connectivity index (χ2n) is 8.20. The number of ether oxygens (including phenoxy) is 1. The summed E-state index contributed by atoms with van der Waals surface area (Å²) in [5, 5.41) is 5.65. The van der Waals surface area contributed by atoms with Crippen LogP contribution in [0.25, 0.3) is 11.0 Å². The fraction of sp³-hybridized carbons (Fsp3) is 0.292. The topological polar surface area (TPSA) is 181 Å². The molecule has 0 fully saturated rings. The van der Waals surface area contributed by atoms with Gasteiger partial charge in [0.15, 0.2) is 0 Å². The Hall–Kier alpha value is -3.50. The molecule has 0 unspecified atom stereocenters. The molecule has 36 heavy (non-hydrogen) atoms. The maximum Gasteiger partial charge on any atom is 0.407 e. The van der Waals surface area contributed by atoms with Crippen molar-refractivity contribution in [3.05, 3.63) is 76.1 Å². The van der Waals surface area contributed by atoms with Gasteiger partial charge in [0, 0.05) is 29.8 Å². The molecule has 0 bridgehead atoms. The van der Waals surface area contributed by atoms with Gasteiger partial charge in [0.2, 0.25) is 5.91 Å². The summed E-state index contributed by atoms with van der Waals surface area (Å²) >= 11 is 0. The molecule has 0 radical (unpaired) electrons. The zero-order valence-corrected chi connectivity index (χ0v) is 20.3. The molecule has 0 saturated carbocycles. The Labute approximate surface area is 206 Å². The van der Waals surface area contributed by atoms with E-state index in [1.165, 1.54) is 18.2 Å². The normalized spacial score (nSPS) is 12.2. The third kappa shape index (κ3) is 8.62. The number of hydrogen-bond acceptors (Lipinski definition) is 7. The average molecular weight is 517 g/mol. The maximum atomic E-state index is 12.4. The maximum absolute atomic E-state index is 12.4. The SMILES string of the molecule is N[C@@H](CCCCNC(=O)OCc1ccccc1)C(=O)Nc1ccc2c(CP(=O)(O)O)cc(=O)oc2c1. The van der Waals surface area contributed by atoms with Gasteiger partial charge in [-0.2, -0.15) is 0 Å². The largest absolute Gasteiger partial charge is 0.445 e. The molecular weight excluding hydrogens is 489 g/mol. The average Bonchev–Trinajstić information content (AvgIpc) is 2.81. The zero-order chi connectivity index (χ0) is 26.1. The molecule has 1 heterocycles. The van der Waals surface area contributed by atoms with Gasteiger partial charge in [0.25, 0.3) is 0 Å². The van der Waals surface area contributed by atoms with Crippen LogP contribution in [0, 0.1) is 0 Å². The Bertz CT molecular complexity index is 1310. The van der Waals surface area contributed by atoms with Crippen molar-refractivity contribution < 1.29 is 33.1 Å². The fourth-order valence-electron chi connectivity index (χ4n) is 3.48. The van der Waals surface area contributed by atoms with Crippen LogP contribution in [-0.2, 0) is 26.9 Å². The first-order chi connectivity index (χ1) is 17.1. The summed E-state index contributed by atoms with van der Waals surface area (Å²) in [4.78, 5) is 54.4. The number of anilines is 1. The lowest BCUT2D eigenvalue weighted by Gasteiger charge is -2.13. The van der Waals surface area contributed by atoms with E-state index in [0.29, 0.717) is 36.9 Å². The van der Waals surface area contributed by atoms with Crippen molar-refractivity contribution in [1.82, 2.24) is 5.32 Å². The van der Waals surface area contributed by atoms with Gasteiger partial charge in [0.05, 0.1) is 12.2 Å². The van der Waals surface area contributed by atoms with Crippen LogP contribution >= 0.6 is 7.60 Å². The summed E-state index contributed by atoms with van der Waals surface area (Å²) in [6, 6.07) is 14.0. The summed E-state index contributed by atoms with van der Waals surface area (Å²) in [6.45, 7) is 0.559. The number of fused-ring (bicyclic) bond motifs is 1. The number of nitrogens with two attached hydrogens (primary N) is 1. The van der Waals surface area contributed by atoms with Crippen molar-refractivity contribution in [1.29, 1.82) is 0 Å². The highest BCUT2D eigenvalue weighted by molar-refractivity contribution is 7.50. The molecule has 0 aliphatic rings. The van der Waals surface area contributed by atoms with Crippen molar-refractivity contribution in [2.24, 2.45) is 5.73 Å². The first-order valence-electron chi connectivity index (χ1n) is 11.2. The Balaban J connectivity index is 1.43. The Morgan fingerprint density at radius 2 is 1.83 bits per heavy atom. The van der Waals surface area contributed by atoms with Crippen LogP contribution < -0.4 is 22.0 Å². The summed E-state index contributed by atoms with van der Waals surface area (Å²) in [5.41, 5.74) is 6.66. The van der Waals surface area contributed by atoms with Gasteiger partial charge in [-0.1, -0.05) is 30.3 Å². The van der Waals surface area contributed by atoms with Crippen LogP contribution in [0.1, 0.15) is 30.4 Å². The van der Waals surface area contributed by atoms with Gasteiger partial charge in [-0.15, -0.1) is 0 Å². The second-order valence-corrected chi connectivity index (χ2v) is 9.85. The Morgan fingerprint density at radius 1 is 1.08 bits per heavy atom. The number of rotatable bonds is 11. The smallest absolute Gasteiger partial charge is 0.407 e. The predicted octanol–water partition coefficient (Wildman–Crippen LogP) is 2.83. The molecule has 0 spiro atoms. The summed E-state index contributed by atoms with van der Waals surface area (Å²) in [5.74, 6) is -0.446. The molecule has 2 aromatic carbocycles. The summed E-state index contributed by atoms with van der Waals surface area (Å²) in [7, 11) is -4.39. The lowest BCUT2D eigenvalue weighted by atomic mass is 10.1. The van der Waals surface area contributed by atoms with E-state index >= 15 is 0 Å². The molecule has 6 N–H and O–H groups in total. The zero-order valence-electron chi connectivity index (χ0n) is 19.4. The molecule has 2 amide bonds. The molecule has 0 saturated heterocycles. The highest BCUT2D eigenvalue weighted by Crippen LogP contribution is 2.40. The number of carbonyl (C=O) groups is 2. The van der Waals surface area contributed by atoms with E-state index < -0.39 is 37.4 Å². The van der Waals surface area contributed by atoms with E-state index in [1.807, 2.05) is 30.3 Å². The number of benzene rings is 2.